The van der Waals surface area contributed by atoms with Crippen molar-refractivity contribution in [2.45, 2.75) is 33.1 Å². The van der Waals surface area contributed by atoms with Gasteiger partial charge in [-0.3, -0.25) is 16.0 Å². The van der Waals surface area contributed by atoms with E-state index in [0.717, 1.165) is 32.4 Å². The number of para-hydroxylation sites is 1. The minimum Gasteiger partial charge on any atom is -0.366 e. The van der Waals surface area contributed by atoms with E-state index in [9.17, 15) is 10.1 Å². The van der Waals surface area contributed by atoms with Gasteiger partial charge in [-0.15, -0.1) is 0 Å². The number of nitrogens with two attached hydrogens (primary N) is 1. The quantitative estimate of drug-likeness (QED) is 0.502. The molecule has 1 aromatic rings. The summed E-state index contributed by atoms with van der Waals surface area (Å²) >= 11 is 0. The summed E-state index contributed by atoms with van der Waals surface area (Å²) in [4.78, 5) is 13.0. The Morgan fingerprint density at radius 1 is 1.45 bits per heavy atom. The monoisotopic (exact) mass is 278 g/mol. The summed E-state index contributed by atoms with van der Waals surface area (Å²) in [5, 5.41) is 11.3. The number of nitro benzene ring substituents is 1. The smallest absolute Gasteiger partial charge is 0.316 e. The van der Waals surface area contributed by atoms with Gasteiger partial charge in [0.15, 0.2) is 0 Å². The average Bonchev–Trinajstić information content (AvgIpc) is 2.47. The number of nitrogens with zero attached hydrogens (tertiary/aromatic N) is 2. The Labute approximate surface area is 119 Å². The van der Waals surface area contributed by atoms with Gasteiger partial charge in [0.25, 0.3) is 0 Å². The van der Waals surface area contributed by atoms with Gasteiger partial charge in [-0.25, -0.2) is 0 Å². The van der Waals surface area contributed by atoms with Crippen molar-refractivity contribution < 1.29 is 4.92 Å². The van der Waals surface area contributed by atoms with E-state index in [1.165, 1.54) is 0 Å². The molecule has 0 atom stereocenters. The summed E-state index contributed by atoms with van der Waals surface area (Å²) in [5.74, 6) is 5.38. The first-order valence-corrected chi connectivity index (χ1v) is 7.00. The topological polar surface area (TPSA) is 84.4 Å². The molecular weight excluding hydrogens is 256 g/mol. The average molecular weight is 278 g/mol. The number of rotatable bonds is 4. The van der Waals surface area contributed by atoms with Crippen LogP contribution in [0.25, 0.3) is 0 Å². The fourth-order valence-electron chi connectivity index (χ4n) is 2.74. The van der Waals surface area contributed by atoms with Crippen molar-refractivity contribution in [3.63, 3.8) is 0 Å². The summed E-state index contributed by atoms with van der Waals surface area (Å²) in [6.07, 6.45) is 3.26. The maximum Gasteiger partial charge on any atom is 0.316 e. The van der Waals surface area contributed by atoms with E-state index >= 15 is 0 Å². The molecular formula is C14H22N4O2. The van der Waals surface area contributed by atoms with Crippen molar-refractivity contribution in [3.05, 3.63) is 28.3 Å². The number of anilines is 2. The maximum absolute atomic E-state index is 11.3. The minimum atomic E-state index is -0.363. The van der Waals surface area contributed by atoms with Crippen LogP contribution in [0.1, 0.15) is 33.1 Å². The zero-order valence-electron chi connectivity index (χ0n) is 12.1. The fourth-order valence-corrected chi connectivity index (χ4v) is 2.74. The Morgan fingerprint density at radius 3 is 2.60 bits per heavy atom. The summed E-state index contributed by atoms with van der Waals surface area (Å²) in [6.45, 7) is 6.19. The lowest BCUT2D eigenvalue weighted by molar-refractivity contribution is -0.383. The fraction of sp³-hybridized carbons (Fsp3) is 0.571. The van der Waals surface area contributed by atoms with Crippen LogP contribution in [-0.4, -0.2) is 18.0 Å². The van der Waals surface area contributed by atoms with Crippen molar-refractivity contribution in [2.24, 2.45) is 11.3 Å². The predicted octanol–water partition coefficient (Wildman–Crippen LogP) is 2.90. The molecule has 6 heteroatoms. The van der Waals surface area contributed by atoms with Crippen LogP contribution >= 0.6 is 0 Å². The van der Waals surface area contributed by atoms with Crippen LogP contribution in [0, 0.1) is 15.5 Å². The third kappa shape index (κ3) is 2.70. The molecule has 20 heavy (non-hydrogen) atoms. The Kier molecular flexibility index (Phi) is 4.13. The largest absolute Gasteiger partial charge is 0.366 e. The first-order valence-electron chi connectivity index (χ1n) is 7.00. The second kappa shape index (κ2) is 5.66. The highest BCUT2D eigenvalue weighted by Gasteiger charge is 2.31. The van der Waals surface area contributed by atoms with Crippen LogP contribution in [0.15, 0.2) is 18.2 Å². The first-order chi connectivity index (χ1) is 9.50. The molecule has 0 aromatic heterocycles. The lowest BCUT2D eigenvalue weighted by atomic mass is 9.78. The number of piperidine rings is 1. The zero-order chi connectivity index (χ0) is 14.8. The van der Waals surface area contributed by atoms with Crippen molar-refractivity contribution in [3.8, 4) is 0 Å². The van der Waals surface area contributed by atoms with Crippen LogP contribution < -0.4 is 16.2 Å². The molecule has 1 aromatic carbocycles. The van der Waals surface area contributed by atoms with Crippen molar-refractivity contribution in [2.75, 3.05) is 23.4 Å². The molecule has 110 valence electrons. The number of hydrazine groups is 1. The van der Waals surface area contributed by atoms with Crippen LogP contribution in [0.2, 0.25) is 0 Å². The SMILES string of the molecule is CCC1(C)CCN(c2cccc(NN)c2[N+](=O)[O-])CC1. The highest BCUT2D eigenvalue weighted by molar-refractivity contribution is 5.76. The minimum absolute atomic E-state index is 0.0649. The molecule has 6 nitrogen and oxygen atoms in total. The van der Waals surface area contributed by atoms with Gasteiger partial charge in [-0.2, -0.15) is 0 Å². The van der Waals surface area contributed by atoms with Crippen molar-refractivity contribution in [1.29, 1.82) is 0 Å². The van der Waals surface area contributed by atoms with E-state index in [4.69, 9.17) is 5.84 Å². The molecule has 0 aliphatic carbocycles. The molecule has 1 heterocycles. The molecule has 0 radical (unpaired) electrons. The predicted molar refractivity (Wildman–Crippen MR) is 80.8 cm³/mol. The third-order valence-electron chi connectivity index (χ3n) is 4.52. The Morgan fingerprint density at radius 2 is 2.10 bits per heavy atom. The van der Waals surface area contributed by atoms with Gasteiger partial charge < -0.3 is 10.3 Å². The van der Waals surface area contributed by atoms with Gasteiger partial charge in [0.05, 0.1) is 4.92 Å². The summed E-state index contributed by atoms with van der Waals surface area (Å²) in [6, 6.07) is 5.22. The molecule has 1 fully saturated rings. The van der Waals surface area contributed by atoms with Crippen LogP contribution in [0.3, 0.4) is 0 Å². The highest BCUT2D eigenvalue weighted by Crippen LogP contribution is 2.40. The van der Waals surface area contributed by atoms with E-state index in [0.29, 0.717) is 16.8 Å². The molecule has 0 bridgehead atoms. The lowest BCUT2D eigenvalue weighted by Gasteiger charge is -2.39. The van der Waals surface area contributed by atoms with E-state index in [2.05, 4.69) is 24.2 Å². The lowest BCUT2D eigenvalue weighted by Crippen LogP contribution is -2.38. The maximum atomic E-state index is 11.3. The van der Waals surface area contributed by atoms with E-state index in [-0.39, 0.29) is 10.6 Å². The third-order valence-corrected chi connectivity index (χ3v) is 4.52. The summed E-state index contributed by atoms with van der Waals surface area (Å²) in [5.41, 5.74) is 3.85. The van der Waals surface area contributed by atoms with Crippen LogP contribution in [0.5, 0.6) is 0 Å². The van der Waals surface area contributed by atoms with Crippen molar-refractivity contribution >= 4 is 17.1 Å². The Bertz CT molecular complexity index is 496. The van der Waals surface area contributed by atoms with Gasteiger partial charge in [-0.1, -0.05) is 26.3 Å². The number of hydrogen-bond donors (Lipinski definition) is 2. The van der Waals surface area contributed by atoms with E-state index in [1.54, 1.807) is 18.2 Å². The Balaban J connectivity index is 2.28. The molecule has 0 spiro atoms. The molecule has 0 saturated carbocycles. The van der Waals surface area contributed by atoms with Gasteiger partial charge in [0.1, 0.15) is 11.4 Å². The molecule has 0 amide bonds. The van der Waals surface area contributed by atoms with Gasteiger partial charge >= 0.3 is 5.69 Å². The number of nitro groups is 1. The molecule has 2 rings (SSSR count). The first kappa shape index (κ1) is 14.6. The van der Waals surface area contributed by atoms with E-state index < -0.39 is 0 Å². The number of hydrogen-bond acceptors (Lipinski definition) is 5. The second-order valence-corrected chi connectivity index (χ2v) is 5.73. The van der Waals surface area contributed by atoms with Crippen LogP contribution in [0.4, 0.5) is 17.1 Å². The summed E-state index contributed by atoms with van der Waals surface area (Å²) < 4.78 is 0. The Hall–Kier alpha value is -1.82. The normalized spacial score (nSPS) is 17.9. The molecule has 3 N–H and O–H groups in total. The molecule has 1 aliphatic heterocycles. The van der Waals surface area contributed by atoms with E-state index in [1.807, 2.05) is 0 Å². The van der Waals surface area contributed by atoms with Gasteiger partial charge in [0, 0.05) is 13.1 Å². The second-order valence-electron chi connectivity index (χ2n) is 5.73. The molecule has 0 unspecified atom stereocenters. The van der Waals surface area contributed by atoms with Crippen LogP contribution in [-0.2, 0) is 0 Å². The van der Waals surface area contributed by atoms with Gasteiger partial charge in [0.2, 0.25) is 0 Å². The highest BCUT2D eigenvalue weighted by atomic mass is 16.6. The van der Waals surface area contributed by atoms with Crippen molar-refractivity contribution in [1.82, 2.24) is 0 Å². The molecule has 1 saturated heterocycles. The summed E-state index contributed by atoms with van der Waals surface area (Å²) in [7, 11) is 0. The molecule has 1 aliphatic rings. The zero-order valence-corrected chi connectivity index (χ0v) is 12.1. The standard InChI is InChI=1S/C14H22N4O2/c1-3-14(2)7-9-17(10-8-14)12-6-4-5-11(16-15)13(12)18(19)20/h4-6,16H,3,7-10,15H2,1-2H3. The number of nitrogen functional groups attached to an aromatic ring is 1. The van der Waals surface area contributed by atoms with Gasteiger partial charge in [-0.05, 0) is 30.4 Å². The number of nitrogens with one attached hydrogen (secondary N) is 1. The number of benzene rings is 1.